The van der Waals surface area contributed by atoms with Crippen LogP contribution in [0.3, 0.4) is 0 Å². The maximum atomic E-state index is 12.9. The van der Waals surface area contributed by atoms with Crippen LogP contribution in [0.1, 0.15) is 26.5 Å². The summed E-state index contributed by atoms with van der Waals surface area (Å²) in [7, 11) is 0. The van der Waals surface area contributed by atoms with Gasteiger partial charge in [0.25, 0.3) is 0 Å². The average Bonchev–Trinajstić information content (AvgIpc) is 3.21. The van der Waals surface area contributed by atoms with Crippen molar-refractivity contribution in [3.05, 3.63) is 95.6 Å². The zero-order chi connectivity index (χ0) is 17.9. The molecule has 0 saturated carbocycles. The maximum Gasteiger partial charge on any atom is 0.211 e. The molecular formula is C20H13NO4S. The van der Waals surface area contributed by atoms with Gasteiger partial charge in [-0.15, -0.1) is 0 Å². The summed E-state index contributed by atoms with van der Waals surface area (Å²) < 4.78 is 13.8. The van der Waals surface area contributed by atoms with Crippen molar-refractivity contribution < 1.29 is 18.2 Å². The lowest BCUT2D eigenvalue weighted by molar-refractivity contribution is 0.0987. The number of nitrogens with one attached hydrogen (secondary N) is 1. The summed E-state index contributed by atoms with van der Waals surface area (Å²) in [6.45, 7) is 0. The number of Topliss-reactive ketones (excluding diaryl/α,β-unsaturated/α-hetero) is 2. The standard InChI is InChI=1S/C20H13NO4S/c22-19-14-9-4-5-10-15(14)20(23)18(17(19)16-11-6-12-24-16)21-26-25-13-7-2-1-3-8-13/h1-12,21H. The molecule has 0 fully saturated rings. The molecule has 1 heterocycles. The van der Waals surface area contributed by atoms with Crippen molar-refractivity contribution in [3.63, 3.8) is 0 Å². The normalized spacial score (nSPS) is 13.5. The summed E-state index contributed by atoms with van der Waals surface area (Å²) in [5.74, 6) is 0.412. The highest BCUT2D eigenvalue weighted by Crippen LogP contribution is 2.32. The van der Waals surface area contributed by atoms with Crippen molar-refractivity contribution >= 4 is 29.4 Å². The molecule has 3 aromatic rings. The molecule has 1 aliphatic rings. The van der Waals surface area contributed by atoms with E-state index < -0.39 is 0 Å². The molecule has 6 heteroatoms. The van der Waals surface area contributed by atoms with Gasteiger partial charge in [0.05, 0.1) is 11.8 Å². The predicted molar refractivity (Wildman–Crippen MR) is 98.5 cm³/mol. The summed E-state index contributed by atoms with van der Waals surface area (Å²) in [5, 5.41) is 0. The second-order valence-electron chi connectivity index (χ2n) is 5.51. The van der Waals surface area contributed by atoms with E-state index in [1.165, 1.54) is 6.26 Å². The molecule has 0 bridgehead atoms. The molecule has 5 nitrogen and oxygen atoms in total. The van der Waals surface area contributed by atoms with E-state index in [9.17, 15) is 9.59 Å². The molecule has 0 saturated heterocycles. The van der Waals surface area contributed by atoms with Crippen molar-refractivity contribution in [1.29, 1.82) is 0 Å². The fourth-order valence-corrected chi connectivity index (χ4v) is 3.24. The molecule has 26 heavy (non-hydrogen) atoms. The van der Waals surface area contributed by atoms with Gasteiger partial charge in [0, 0.05) is 11.1 Å². The molecule has 0 amide bonds. The van der Waals surface area contributed by atoms with Gasteiger partial charge in [-0.2, -0.15) is 0 Å². The number of allylic oxidation sites excluding steroid dienone is 2. The Kier molecular flexibility index (Phi) is 4.33. The largest absolute Gasteiger partial charge is 0.464 e. The Morgan fingerprint density at radius 3 is 2.19 bits per heavy atom. The highest BCUT2D eigenvalue weighted by Gasteiger charge is 2.34. The maximum absolute atomic E-state index is 12.9. The third kappa shape index (κ3) is 2.91. The van der Waals surface area contributed by atoms with Gasteiger partial charge in [0.1, 0.15) is 17.2 Å². The highest BCUT2D eigenvalue weighted by molar-refractivity contribution is 7.93. The van der Waals surface area contributed by atoms with Gasteiger partial charge < -0.3 is 8.60 Å². The van der Waals surface area contributed by atoms with Crippen LogP contribution in [0.2, 0.25) is 0 Å². The van der Waals surface area contributed by atoms with Crippen molar-refractivity contribution in [2.45, 2.75) is 0 Å². The summed E-state index contributed by atoms with van der Waals surface area (Å²) in [5.41, 5.74) is 1.06. The second-order valence-corrected chi connectivity index (χ2v) is 6.05. The smallest absolute Gasteiger partial charge is 0.211 e. The van der Waals surface area contributed by atoms with Crippen LogP contribution >= 0.6 is 12.2 Å². The van der Waals surface area contributed by atoms with E-state index in [1.807, 2.05) is 18.2 Å². The molecule has 0 atom stereocenters. The van der Waals surface area contributed by atoms with Gasteiger partial charge >= 0.3 is 0 Å². The first kappa shape index (κ1) is 16.2. The molecule has 0 radical (unpaired) electrons. The number of fused-ring (bicyclic) bond motifs is 1. The number of carbonyl (C=O) groups excluding carboxylic acids is 2. The van der Waals surface area contributed by atoms with Crippen LogP contribution in [-0.4, -0.2) is 11.6 Å². The van der Waals surface area contributed by atoms with Crippen LogP contribution in [0.25, 0.3) is 5.57 Å². The summed E-state index contributed by atoms with van der Waals surface area (Å²) in [6.07, 6.45) is 1.46. The summed E-state index contributed by atoms with van der Waals surface area (Å²) in [4.78, 5) is 25.9. The zero-order valence-electron chi connectivity index (χ0n) is 13.5. The summed E-state index contributed by atoms with van der Waals surface area (Å²) >= 11 is 0.872. The first-order valence-electron chi connectivity index (χ1n) is 7.87. The number of hydrogen-bond donors (Lipinski definition) is 1. The molecule has 0 unspecified atom stereocenters. The van der Waals surface area contributed by atoms with E-state index in [2.05, 4.69) is 4.72 Å². The van der Waals surface area contributed by atoms with E-state index >= 15 is 0 Å². The zero-order valence-corrected chi connectivity index (χ0v) is 14.3. The van der Waals surface area contributed by atoms with Crippen molar-refractivity contribution in [1.82, 2.24) is 4.72 Å². The van der Waals surface area contributed by atoms with Crippen LogP contribution < -0.4 is 8.91 Å². The van der Waals surface area contributed by atoms with Crippen LogP contribution in [0.4, 0.5) is 0 Å². The molecular weight excluding hydrogens is 350 g/mol. The van der Waals surface area contributed by atoms with Gasteiger partial charge in [-0.25, -0.2) is 0 Å². The Labute approximate surface area is 154 Å². The molecule has 1 aromatic heterocycles. The van der Waals surface area contributed by atoms with Gasteiger partial charge in [-0.05, 0) is 24.3 Å². The number of hydrogen-bond acceptors (Lipinski definition) is 6. The topological polar surface area (TPSA) is 68.5 Å². The lowest BCUT2D eigenvalue weighted by Crippen LogP contribution is -2.27. The number of furan rings is 1. The van der Waals surface area contributed by atoms with Gasteiger partial charge in [0.15, 0.2) is 18.0 Å². The number of ketones is 2. The van der Waals surface area contributed by atoms with E-state index in [0.29, 0.717) is 22.6 Å². The highest BCUT2D eigenvalue weighted by atomic mass is 32.2. The SMILES string of the molecule is O=C1C(NSOc2ccccc2)=C(c2ccco2)C(=O)c2ccccc21. The molecule has 0 spiro atoms. The Balaban J connectivity index is 1.69. The first-order valence-corrected chi connectivity index (χ1v) is 8.61. The van der Waals surface area contributed by atoms with E-state index in [1.54, 1.807) is 48.5 Å². The number of benzene rings is 2. The molecule has 0 aliphatic heterocycles. The van der Waals surface area contributed by atoms with Crippen LogP contribution in [-0.2, 0) is 0 Å². The Morgan fingerprint density at radius 1 is 0.808 bits per heavy atom. The third-order valence-electron chi connectivity index (χ3n) is 3.91. The van der Waals surface area contributed by atoms with Crippen molar-refractivity contribution in [2.75, 3.05) is 0 Å². The van der Waals surface area contributed by atoms with Crippen molar-refractivity contribution in [3.8, 4) is 5.75 Å². The minimum absolute atomic E-state index is 0.143. The predicted octanol–water partition coefficient (Wildman–Crippen LogP) is 4.30. The second kappa shape index (κ2) is 6.93. The molecule has 1 N–H and O–H groups in total. The fourth-order valence-electron chi connectivity index (χ4n) is 2.72. The molecule has 128 valence electrons. The summed E-state index contributed by atoms with van der Waals surface area (Å²) in [6, 6.07) is 19.2. The van der Waals surface area contributed by atoms with Gasteiger partial charge in [0.2, 0.25) is 5.78 Å². The van der Waals surface area contributed by atoms with Gasteiger partial charge in [-0.1, -0.05) is 42.5 Å². The Bertz CT molecular complexity index is 994. The molecule has 1 aliphatic carbocycles. The van der Waals surface area contributed by atoms with Crippen LogP contribution in [0.5, 0.6) is 5.75 Å². The number of para-hydroxylation sites is 1. The minimum atomic E-state index is -0.282. The minimum Gasteiger partial charge on any atom is -0.464 e. The first-order chi connectivity index (χ1) is 12.8. The number of rotatable bonds is 5. The Morgan fingerprint density at radius 2 is 1.50 bits per heavy atom. The van der Waals surface area contributed by atoms with Crippen molar-refractivity contribution in [2.24, 2.45) is 0 Å². The average molecular weight is 363 g/mol. The monoisotopic (exact) mass is 363 g/mol. The van der Waals surface area contributed by atoms with E-state index in [0.717, 1.165) is 12.2 Å². The third-order valence-corrected chi connectivity index (χ3v) is 4.48. The van der Waals surface area contributed by atoms with E-state index in [-0.39, 0.29) is 22.8 Å². The lowest BCUT2D eigenvalue weighted by Gasteiger charge is -2.20. The lowest BCUT2D eigenvalue weighted by atomic mass is 9.86. The molecule has 4 rings (SSSR count). The number of carbonyl (C=O) groups is 2. The Hall–Kier alpha value is -3.25. The molecule has 2 aromatic carbocycles. The van der Waals surface area contributed by atoms with Gasteiger partial charge in [-0.3, -0.25) is 14.3 Å². The van der Waals surface area contributed by atoms with E-state index in [4.69, 9.17) is 8.60 Å². The van der Waals surface area contributed by atoms with Crippen LogP contribution in [0.15, 0.2) is 83.1 Å². The quantitative estimate of drug-likeness (QED) is 0.538. The fraction of sp³-hybridized carbons (Fsp3) is 0. The van der Waals surface area contributed by atoms with Crippen LogP contribution in [0, 0.1) is 0 Å².